The summed E-state index contributed by atoms with van der Waals surface area (Å²) in [7, 11) is 3.18. The van der Waals surface area contributed by atoms with Crippen LogP contribution in [0.2, 0.25) is 0 Å². The number of ether oxygens (including phenoxy) is 5. The number of methoxy groups -OCH3 is 2. The average molecular weight is 549 g/mol. The van der Waals surface area contributed by atoms with Crippen LogP contribution in [0.3, 0.4) is 0 Å². The molecule has 9 nitrogen and oxygen atoms in total. The van der Waals surface area contributed by atoms with Crippen LogP contribution in [0, 0.1) is 0 Å². The molecule has 3 aromatic rings. The maximum Gasteiger partial charge on any atom is 0.409 e. The summed E-state index contributed by atoms with van der Waals surface area (Å²) in [6, 6.07) is 22.6. The molecule has 4 rings (SSSR count). The van der Waals surface area contributed by atoms with Crippen molar-refractivity contribution >= 4 is 17.7 Å². The number of nitrogens with one attached hydrogen (secondary N) is 1. The Labute approximate surface area is 234 Å². The second kappa shape index (κ2) is 14.9. The minimum atomic E-state index is -0.330. The molecular weight excluding hydrogens is 512 g/mol. The number of amides is 2. The van der Waals surface area contributed by atoms with Gasteiger partial charge in [-0.3, -0.25) is 4.79 Å². The lowest BCUT2D eigenvalue weighted by molar-refractivity contribution is 0.0515. The maximum absolute atomic E-state index is 13.5. The van der Waals surface area contributed by atoms with Crippen molar-refractivity contribution in [2.75, 3.05) is 59.1 Å². The number of benzene rings is 3. The summed E-state index contributed by atoms with van der Waals surface area (Å²) in [5.41, 5.74) is 2.85. The number of carbonyl (C=O) groups is 2. The number of nitrogens with zero attached hydrogens (tertiary/aromatic N) is 1. The largest absolute Gasteiger partial charge is 0.491 e. The average Bonchev–Trinajstić information content (AvgIpc) is 2.98. The van der Waals surface area contributed by atoms with E-state index in [1.54, 1.807) is 25.2 Å². The molecule has 0 atom stereocenters. The number of rotatable bonds is 12. The van der Waals surface area contributed by atoms with E-state index >= 15 is 0 Å². The molecule has 212 valence electrons. The van der Waals surface area contributed by atoms with Crippen LogP contribution in [-0.4, -0.2) is 76.7 Å². The van der Waals surface area contributed by atoms with E-state index in [9.17, 15) is 9.59 Å². The Kier molecular flexibility index (Phi) is 10.8. The Hall–Kier alpha value is -4.08. The van der Waals surface area contributed by atoms with Crippen LogP contribution in [0.25, 0.3) is 11.1 Å². The Morgan fingerprint density at radius 1 is 0.825 bits per heavy atom. The van der Waals surface area contributed by atoms with Gasteiger partial charge in [0.05, 0.1) is 18.8 Å². The number of hydrogen-bond donors (Lipinski definition) is 1. The summed E-state index contributed by atoms with van der Waals surface area (Å²) in [5, 5.41) is 3.01. The van der Waals surface area contributed by atoms with E-state index < -0.39 is 0 Å². The lowest BCUT2D eigenvalue weighted by atomic mass is 9.98. The first-order valence-corrected chi connectivity index (χ1v) is 13.4. The van der Waals surface area contributed by atoms with Crippen LogP contribution in [-0.2, 0) is 14.2 Å². The van der Waals surface area contributed by atoms with Gasteiger partial charge in [-0.1, -0.05) is 36.4 Å². The molecule has 2 amide bonds. The van der Waals surface area contributed by atoms with Crippen molar-refractivity contribution < 1.29 is 33.3 Å². The van der Waals surface area contributed by atoms with Gasteiger partial charge in [-0.25, -0.2) is 4.79 Å². The van der Waals surface area contributed by atoms with Gasteiger partial charge >= 0.3 is 6.09 Å². The van der Waals surface area contributed by atoms with Crippen LogP contribution < -0.4 is 14.8 Å². The third kappa shape index (κ3) is 8.21. The van der Waals surface area contributed by atoms with E-state index in [2.05, 4.69) is 5.32 Å². The molecule has 1 aliphatic rings. The zero-order valence-electron chi connectivity index (χ0n) is 23.0. The second-order valence-corrected chi connectivity index (χ2v) is 9.31. The Balaban J connectivity index is 1.40. The Bertz CT molecular complexity index is 1240. The van der Waals surface area contributed by atoms with Gasteiger partial charge in [0.15, 0.2) is 0 Å². The molecule has 0 bridgehead atoms. The maximum atomic E-state index is 13.5. The first-order valence-electron chi connectivity index (χ1n) is 13.4. The lowest BCUT2D eigenvalue weighted by Gasteiger charge is -2.31. The number of anilines is 1. The fourth-order valence-corrected chi connectivity index (χ4v) is 4.41. The van der Waals surface area contributed by atoms with Gasteiger partial charge in [0, 0.05) is 51.9 Å². The Morgan fingerprint density at radius 2 is 1.57 bits per heavy atom. The molecule has 3 aromatic carbocycles. The molecule has 0 aromatic heterocycles. The molecule has 1 fully saturated rings. The molecule has 0 spiro atoms. The Morgan fingerprint density at radius 3 is 2.33 bits per heavy atom. The quantitative estimate of drug-likeness (QED) is 0.309. The topological polar surface area (TPSA) is 95.6 Å². The minimum Gasteiger partial charge on any atom is -0.491 e. The van der Waals surface area contributed by atoms with Crippen LogP contribution in [0.4, 0.5) is 10.5 Å². The van der Waals surface area contributed by atoms with Crippen LogP contribution in [0.15, 0.2) is 72.8 Å². The fourth-order valence-electron chi connectivity index (χ4n) is 4.41. The van der Waals surface area contributed by atoms with Crippen molar-refractivity contribution in [2.24, 2.45) is 0 Å². The van der Waals surface area contributed by atoms with E-state index in [0.29, 0.717) is 68.5 Å². The highest BCUT2D eigenvalue weighted by Gasteiger charge is 2.25. The zero-order chi connectivity index (χ0) is 28.2. The van der Waals surface area contributed by atoms with Gasteiger partial charge < -0.3 is 33.9 Å². The van der Waals surface area contributed by atoms with Crippen molar-refractivity contribution in [3.63, 3.8) is 0 Å². The van der Waals surface area contributed by atoms with Crippen molar-refractivity contribution in [3.8, 4) is 22.6 Å². The van der Waals surface area contributed by atoms with E-state index in [1.165, 1.54) is 0 Å². The molecule has 40 heavy (non-hydrogen) atoms. The van der Waals surface area contributed by atoms with E-state index in [-0.39, 0.29) is 24.7 Å². The first-order chi connectivity index (χ1) is 19.6. The standard InChI is InChI=1S/C31H36N2O7/c1-36-17-19-38-26-11-12-28(23-7-4-3-5-8-23)29(22-26)30(34)32-24-9-6-10-27(21-24)40-25-13-15-33(16-14-25)31(35)39-20-18-37-2/h3-12,21-22,25H,13-20H2,1-2H3,(H,32,34). The number of carbonyl (C=O) groups excluding carboxylic acids is 2. The SMILES string of the molecule is COCCOC(=O)N1CCC(Oc2cccc(NC(=O)c3cc(OCCOC)ccc3-c3ccccc3)c2)CC1. The summed E-state index contributed by atoms with van der Waals surface area (Å²) >= 11 is 0. The number of likely N-dealkylation sites (tertiary alicyclic amines) is 1. The normalized spacial score (nSPS) is 13.5. The molecule has 9 heteroatoms. The molecule has 1 aliphatic heterocycles. The fraction of sp³-hybridized carbons (Fsp3) is 0.355. The first kappa shape index (κ1) is 28.9. The van der Waals surface area contributed by atoms with Gasteiger partial charge in [-0.15, -0.1) is 0 Å². The van der Waals surface area contributed by atoms with Crippen molar-refractivity contribution in [2.45, 2.75) is 18.9 Å². The van der Waals surface area contributed by atoms with Crippen LogP contribution in [0.1, 0.15) is 23.2 Å². The molecule has 0 unspecified atom stereocenters. The van der Waals surface area contributed by atoms with Crippen LogP contribution >= 0.6 is 0 Å². The lowest BCUT2D eigenvalue weighted by Crippen LogP contribution is -2.42. The number of hydrogen-bond acceptors (Lipinski definition) is 7. The highest BCUT2D eigenvalue weighted by atomic mass is 16.6. The van der Waals surface area contributed by atoms with Gasteiger partial charge in [0.1, 0.15) is 30.8 Å². The number of piperidine rings is 1. The van der Waals surface area contributed by atoms with E-state index in [1.807, 2.05) is 66.7 Å². The monoisotopic (exact) mass is 548 g/mol. The van der Waals surface area contributed by atoms with Crippen molar-refractivity contribution in [1.82, 2.24) is 4.90 Å². The third-order valence-corrected chi connectivity index (χ3v) is 6.48. The molecular formula is C31H36N2O7. The second-order valence-electron chi connectivity index (χ2n) is 9.31. The van der Waals surface area contributed by atoms with Crippen molar-refractivity contribution in [1.29, 1.82) is 0 Å². The highest BCUT2D eigenvalue weighted by Crippen LogP contribution is 2.29. The van der Waals surface area contributed by atoms with Crippen LogP contribution in [0.5, 0.6) is 11.5 Å². The molecule has 0 radical (unpaired) electrons. The summed E-state index contributed by atoms with van der Waals surface area (Å²) < 4.78 is 27.1. The predicted octanol–water partition coefficient (Wildman–Crippen LogP) is 5.26. The van der Waals surface area contributed by atoms with Gasteiger partial charge in [-0.2, -0.15) is 0 Å². The van der Waals surface area contributed by atoms with E-state index in [4.69, 9.17) is 23.7 Å². The smallest absolute Gasteiger partial charge is 0.409 e. The summed E-state index contributed by atoms with van der Waals surface area (Å²) in [5.74, 6) is 0.986. The summed E-state index contributed by atoms with van der Waals surface area (Å²) in [6.45, 7) is 2.55. The van der Waals surface area contributed by atoms with E-state index in [0.717, 1.165) is 11.1 Å². The highest BCUT2D eigenvalue weighted by molar-refractivity contribution is 6.09. The summed E-state index contributed by atoms with van der Waals surface area (Å²) in [4.78, 5) is 27.3. The molecule has 1 N–H and O–H groups in total. The van der Waals surface area contributed by atoms with Gasteiger partial charge in [0.25, 0.3) is 5.91 Å². The zero-order valence-corrected chi connectivity index (χ0v) is 23.0. The van der Waals surface area contributed by atoms with Gasteiger partial charge in [0.2, 0.25) is 0 Å². The molecule has 0 aliphatic carbocycles. The molecule has 0 saturated carbocycles. The summed E-state index contributed by atoms with van der Waals surface area (Å²) in [6.07, 6.45) is 1.00. The van der Waals surface area contributed by atoms with Gasteiger partial charge in [-0.05, 0) is 41.5 Å². The molecule has 1 heterocycles. The predicted molar refractivity (Wildman–Crippen MR) is 152 cm³/mol. The minimum absolute atomic E-state index is 0.0420. The third-order valence-electron chi connectivity index (χ3n) is 6.48. The molecule has 1 saturated heterocycles. The van der Waals surface area contributed by atoms with Crippen molar-refractivity contribution in [3.05, 3.63) is 78.4 Å².